The highest BCUT2D eigenvalue weighted by Gasteiger charge is 2.34. The predicted octanol–water partition coefficient (Wildman–Crippen LogP) is 2.32. The molecular formula is C16H24O6S. The van der Waals surface area contributed by atoms with Crippen molar-refractivity contribution in [3.05, 3.63) is 29.8 Å². The molecule has 23 heavy (non-hydrogen) atoms. The minimum Gasteiger partial charge on any atom is -0.476 e. The maximum Gasteiger partial charge on any atom is 0.349 e. The molecule has 1 aromatic rings. The van der Waals surface area contributed by atoms with Gasteiger partial charge in [-0.3, -0.25) is 4.18 Å². The van der Waals surface area contributed by atoms with E-state index in [0.29, 0.717) is 25.0 Å². The van der Waals surface area contributed by atoms with Crippen LogP contribution < -0.4 is 4.74 Å². The molecule has 0 amide bonds. The fourth-order valence-electron chi connectivity index (χ4n) is 1.94. The minimum atomic E-state index is -3.38. The number of methoxy groups -OCH3 is 1. The van der Waals surface area contributed by atoms with Crippen LogP contribution in [-0.4, -0.2) is 40.0 Å². The van der Waals surface area contributed by atoms with E-state index in [1.54, 1.807) is 19.1 Å². The maximum absolute atomic E-state index is 11.8. The second-order valence-electron chi connectivity index (χ2n) is 5.45. The van der Waals surface area contributed by atoms with Crippen LogP contribution in [0.25, 0.3) is 0 Å². The Morgan fingerprint density at radius 3 is 2.30 bits per heavy atom. The Morgan fingerprint density at radius 1 is 1.22 bits per heavy atom. The topological polar surface area (TPSA) is 78.9 Å². The van der Waals surface area contributed by atoms with Crippen molar-refractivity contribution in [2.45, 2.75) is 38.7 Å². The molecule has 0 aliphatic carbocycles. The first-order valence-corrected chi connectivity index (χ1v) is 9.22. The van der Waals surface area contributed by atoms with Gasteiger partial charge < -0.3 is 9.47 Å². The first-order valence-electron chi connectivity index (χ1n) is 7.41. The molecule has 1 rings (SSSR count). The van der Waals surface area contributed by atoms with Crippen molar-refractivity contribution in [2.75, 3.05) is 20.0 Å². The van der Waals surface area contributed by atoms with E-state index in [1.165, 1.54) is 7.11 Å². The monoisotopic (exact) mass is 344 g/mol. The number of rotatable bonds is 9. The van der Waals surface area contributed by atoms with Crippen molar-refractivity contribution >= 4 is 16.1 Å². The highest BCUT2D eigenvalue weighted by atomic mass is 32.2. The normalized spacial score (nSPS) is 14.1. The zero-order valence-electron chi connectivity index (χ0n) is 14.0. The summed E-state index contributed by atoms with van der Waals surface area (Å²) in [5, 5.41) is 0. The van der Waals surface area contributed by atoms with Crippen LogP contribution in [0.4, 0.5) is 0 Å². The van der Waals surface area contributed by atoms with Crippen LogP contribution in [-0.2, 0) is 30.3 Å². The second kappa shape index (κ2) is 8.31. The minimum absolute atomic E-state index is 0.160. The lowest BCUT2D eigenvalue weighted by Gasteiger charge is -2.26. The van der Waals surface area contributed by atoms with Crippen molar-refractivity contribution < 1.29 is 26.9 Å². The third kappa shape index (κ3) is 6.58. The van der Waals surface area contributed by atoms with Crippen LogP contribution >= 0.6 is 0 Å². The van der Waals surface area contributed by atoms with Crippen molar-refractivity contribution in [3.8, 4) is 5.75 Å². The van der Waals surface area contributed by atoms with Crippen LogP contribution in [0.5, 0.6) is 5.75 Å². The molecule has 7 heteroatoms. The van der Waals surface area contributed by atoms with Gasteiger partial charge in [-0.05, 0) is 43.9 Å². The number of esters is 1. The quantitative estimate of drug-likeness (QED) is 0.389. The SMILES string of the molecule is CC[C@@](C)(Oc1ccc(CCCOS(C)(=O)=O)cc1)C(=O)OC. The van der Waals surface area contributed by atoms with E-state index in [2.05, 4.69) is 0 Å². The fraction of sp³-hybridized carbons (Fsp3) is 0.562. The largest absolute Gasteiger partial charge is 0.476 e. The molecule has 0 fully saturated rings. The summed E-state index contributed by atoms with van der Waals surface area (Å²) in [7, 11) is -2.05. The Bertz CT molecular complexity index is 608. The van der Waals surface area contributed by atoms with Gasteiger partial charge in [-0.15, -0.1) is 0 Å². The van der Waals surface area contributed by atoms with Crippen molar-refractivity contribution in [3.63, 3.8) is 0 Å². The third-order valence-corrected chi connectivity index (χ3v) is 4.06. The molecule has 0 bridgehead atoms. The van der Waals surface area contributed by atoms with Gasteiger partial charge >= 0.3 is 5.97 Å². The summed E-state index contributed by atoms with van der Waals surface area (Å²) in [6.45, 7) is 3.70. The molecule has 0 saturated heterocycles. The zero-order valence-corrected chi connectivity index (χ0v) is 14.8. The molecule has 0 aromatic heterocycles. The van der Waals surface area contributed by atoms with Gasteiger partial charge in [-0.1, -0.05) is 19.1 Å². The Hall–Kier alpha value is -1.60. The van der Waals surface area contributed by atoms with Gasteiger partial charge in [0.25, 0.3) is 10.1 Å². The highest BCUT2D eigenvalue weighted by molar-refractivity contribution is 7.85. The molecule has 0 spiro atoms. The molecule has 0 heterocycles. The maximum atomic E-state index is 11.8. The van der Waals surface area contributed by atoms with Crippen molar-refractivity contribution in [1.82, 2.24) is 0 Å². The van der Waals surface area contributed by atoms with E-state index in [0.717, 1.165) is 11.8 Å². The molecule has 0 saturated carbocycles. The number of benzene rings is 1. The molecule has 0 unspecified atom stereocenters. The Kier molecular flexibility index (Phi) is 7.02. The molecule has 1 atom stereocenters. The van der Waals surface area contributed by atoms with Crippen LogP contribution in [0.1, 0.15) is 32.3 Å². The summed E-state index contributed by atoms with van der Waals surface area (Å²) >= 11 is 0. The number of ether oxygens (including phenoxy) is 2. The third-order valence-electron chi connectivity index (χ3n) is 3.47. The standard InChI is InChI=1S/C16H24O6S/c1-5-16(2,15(17)20-3)22-14-10-8-13(9-11-14)7-6-12-21-23(4,18)19/h8-11H,5-7,12H2,1-4H3/t16-/m1/s1. The number of hydrogen-bond donors (Lipinski definition) is 0. The van der Waals surface area contributed by atoms with Gasteiger partial charge in [0, 0.05) is 0 Å². The second-order valence-corrected chi connectivity index (χ2v) is 7.10. The van der Waals surface area contributed by atoms with Crippen LogP contribution in [0, 0.1) is 0 Å². The lowest BCUT2D eigenvalue weighted by molar-refractivity contribution is -0.157. The fourth-order valence-corrected chi connectivity index (χ4v) is 2.37. The molecule has 6 nitrogen and oxygen atoms in total. The summed E-state index contributed by atoms with van der Waals surface area (Å²) in [4.78, 5) is 11.8. The summed E-state index contributed by atoms with van der Waals surface area (Å²) in [5.74, 6) is 0.165. The highest BCUT2D eigenvalue weighted by Crippen LogP contribution is 2.23. The van der Waals surface area contributed by atoms with Gasteiger partial charge in [-0.2, -0.15) is 8.42 Å². The van der Waals surface area contributed by atoms with Gasteiger partial charge in [0.1, 0.15) is 5.75 Å². The first-order chi connectivity index (χ1) is 10.7. The lowest BCUT2D eigenvalue weighted by Crippen LogP contribution is -2.41. The molecule has 1 aromatic carbocycles. The van der Waals surface area contributed by atoms with E-state index in [1.807, 2.05) is 19.1 Å². The number of carbonyl (C=O) groups excluding carboxylic acids is 1. The van der Waals surface area contributed by atoms with E-state index >= 15 is 0 Å². The van der Waals surface area contributed by atoms with Crippen LogP contribution in [0.2, 0.25) is 0 Å². The lowest BCUT2D eigenvalue weighted by atomic mass is 10.0. The Labute approximate surface area is 137 Å². The molecule has 130 valence electrons. The van der Waals surface area contributed by atoms with Crippen LogP contribution in [0.15, 0.2) is 24.3 Å². The van der Waals surface area contributed by atoms with E-state index in [4.69, 9.17) is 13.7 Å². The number of hydrogen-bond acceptors (Lipinski definition) is 6. The summed E-state index contributed by atoms with van der Waals surface area (Å²) in [6.07, 6.45) is 2.81. The summed E-state index contributed by atoms with van der Waals surface area (Å²) in [6, 6.07) is 7.32. The summed E-state index contributed by atoms with van der Waals surface area (Å²) < 4.78 is 36.9. The average molecular weight is 344 g/mol. The van der Waals surface area contributed by atoms with Gasteiger partial charge in [0.05, 0.1) is 20.0 Å². The van der Waals surface area contributed by atoms with Crippen molar-refractivity contribution in [2.24, 2.45) is 0 Å². The van der Waals surface area contributed by atoms with E-state index in [-0.39, 0.29) is 6.61 Å². The van der Waals surface area contributed by atoms with Gasteiger partial charge in [0.15, 0.2) is 0 Å². The summed E-state index contributed by atoms with van der Waals surface area (Å²) in [5.41, 5.74) is 0.0188. The number of carbonyl (C=O) groups is 1. The Balaban J connectivity index is 2.58. The Morgan fingerprint density at radius 2 is 1.83 bits per heavy atom. The van der Waals surface area contributed by atoms with Crippen LogP contribution in [0.3, 0.4) is 0 Å². The zero-order chi connectivity index (χ0) is 17.5. The smallest absolute Gasteiger partial charge is 0.349 e. The first kappa shape index (κ1) is 19.4. The van der Waals surface area contributed by atoms with E-state index < -0.39 is 21.7 Å². The molecule has 0 radical (unpaired) electrons. The molecule has 0 N–H and O–H groups in total. The predicted molar refractivity (Wildman–Crippen MR) is 86.9 cm³/mol. The van der Waals surface area contributed by atoms with E-state index in [9.17, 15) is 13.2 Å². The molecule has 0 aliphatic heterocycles. The average Bonchev–Trinajstić information content (AvgIpc) is 2.51. The van der Waals surface area contributed by atoms with Gasteiger partial charge in [0.2, 0.25) is 5.60 Å². The van der Waals surface area contributed by atoms with Crippen molar-refractivity contribution in [1.29, 1.82) is 0 Å². The van der Waals surface area contributed by atoms with Gasteiger partial charge in [-0.25, -0.2) is 4.79 Å². The molecular weight excluding hydrogens is 320 g/mol. The number of aryl methyl sites for hydroxylation is 1. The molecule has 0 aliphatic rings.